The number of benzene rings is 1. The molecule has 2 aliphatic heterocycles. The van der Waals surface area contributed by atoms with Crippen LogP contribution in [-0.4, -0.2) is 83.9 Å². The number of carboxylic acid groups (broad SMARTS) is 1. The predicted molar refractivity (Wildman–Crippen MR) is 159 cm³/mol. The molecule has 254 valence electrons. The maximum Gasteiger partial charge on any atom is 0.416 e. The van der Waals surface area contributed by atoms with Crippen LogP contribution >= 0.6 is 0 Å². The Morgan fingerprint density at radius 2 is 1.91 bits per heavy atom. The van der Waals surface area contributed by atoms with Crippen LogP contribution in [0, 0.1) is 5.92 Å². The summed E-state index contributed by atoms with van der Waals surface area (Å²) in [6.45, 7) is 4.95. The number of aliphatic carboxylic acids is 1. The van der Waals surface area contributed by atoms with Crippen LogP contribution in [-0.2, 0) is 25.3 Å². The zero-order valence-electron chi connectivity index (χ0n) is 26.3. The average molecular weight is 662 g/mol. The fraction of sp³-hybridized carbons (Fsp3) is 0.581. The summed E-state index contributed by atoms with van der Waals surface area (Å²) in [7, 11) is 0. The maximum absolute atomic E-state index is 14.1. The normalized spacial score (nSPS) is 27.8. The lowest BCUT2D eigenvalue weighted by Gasteiger charge is -2.30. The van der Waals surface area contributed by atoms with E-state index in [1.54, 1.807) is 26.8 Å². The van der Waals surface area contributed by atoms with Crippen molar-refractivity contribution in [2.45, 2.75) is 101 Å². The number of carboxylic acids is 1. The van der Waals surface area contributed by atoms with E-state index in [0.717, 1.165) is 29.8 Å². The molecule has 5 rings (SSSR count). The van der Waals surface area contributed by atoms with E-state index in [9.17, 15) is 37.5 Å². The number of rotatable bonds is 4. The van der Waals surface area contributed by atoms with Crippen molar-refractivity contribution in [1.29, 1.82) is 0 Å². The number of carbonyl (C=O) groups is 4. The van der Waals surface area contributed by atoms with Crippen molar-refractivity contribution in [3.8, 4) is 11.4 Å². The number of halogens is 3. The van der Waals surface area contributed by atoms with Crippen LogP contribution in [0.3, 0.4) is 0 Å². The van der Waals surface area contributed by atoms with Gasteiger partial charge >= 0.3 is 18.2 Å². The molecule has 1 aromatic carbocycles. The minimum atomic E-state index is -4.58. The van der Waals surface area contributed by atoms with Gasteiger partial charge in [0.25, 0.3) is 0 Å². The molecule has 16 heteroatoms. The maximum atomic E-state index is 14.1. The largest absolute Gasteiger partial charge is 0.479 e. The van der Waals surface area contributed by atoms with Crippen LogP contribution in [0.4, 0.5) is 18.0 Å². The van der Waals surface area contributed by atoms with E-state index in [1.165, 1.54) is 17.0 Å². The Labute approximate surface area is 268 Å². The highest BCUT2D eigenvalue weighted by Crippen LogP contribution is 2.45. The van der Waals surface area contributed by atoms with Crippen LogP contribution in [0.25, 0.3) is 11.4 Å². The summed E-state index contributed by atoms with van der Waals surface area (Å²) in [6, 6.07) is 1.51. The molecule has 3 heterocycles. The Morgan fingerprint density at radius 3 is 2.62 bits per heavy atom. The molecular weight excluding hydrogens is 623 g/mol. The SMILES string of the molecule is CC(C)(C)OC(=O)N[C@H]1CCCCC/C=C\[C@@H]2C[C@]2(C(=O)O)NC(=O)[C@@H]2C[C@H](n3nnc(-c4cccc(C(F)(F)F)c4)n3)CN2C1=O. The van der Waals surface area contributed by atoms with Gasteiger partial charge in [-0.25, -0.2) is 9.59 Å². The average Bonchev–Trinajstić information content (AvgIpc) is 3.31. The minimum absolute atomic E-state index is 0.0364. The quantitative estimate of drug-likeness (QED) is 0.412. The van der Waals surface area contributed by atoms with Crippen molar-refractivity contribution >= 4 is 23.9 Å². The Kier molecular flexibility index (Phi) is 9.33. The van der Waals surface area contributed by atoms with E-state index in [-0.39, 0.29) is 37.2 Å². The molecule has 5 atom stereocenters. The number of fused-ring (bicyclic) bond motifs is 2. The van der Waals surface area contributed by atoms with Gasteiger partial charge in [0, 0.05) is 24.4 Å². The van der Waals surface area contributed by atoms with Crippen LogP contribution in [0.5, 0.6) is 0 Å². The Balaban J connectivity index is 1.45. The van der Waals surface area contributed by atoms with Crippen molar-refractivity contribution < 1.29 is 42.2 Å². The third-order valence-corrected chi connectivity index (χ3v) is 8.53. The molecule has 3 aliphatic rings. The third-order valence-electron chi connectivity index (χ3n) is 8.53. The number of aromatic nitrogens is 4. The molecule has 2 aromatic rings. The van der Waals surface area contributed by atoms with Crippen molar-refractivity contribution in [2.75, 3.05) is 6.54 Å². The smallest absolute Gasteiger partial charge is 0.416 e. The summed E-state index contributed by atoms with van der Waals surface area (Å²) < 4.78 is 45.3. The van der Waals surface area contributed by atoms with Crippen molar-refractivity contribution in [2.24, 2.45) is 5.92 Å². The summed E-state index contributed by atoms with van der Waals surface area (Å²) in [5, 5.41) is 27.6. The summed E-state index contributed by atoms with van der Waals surface area (Å²) in [5.74, 6) is -2.95. The van der Waals surface area contributed by atoms with Gasteiger partial charge in [-0.15, -0.1) is 10.2 Å². The lowest BCUT2D eigenvalue weighted by atomic mass is 10.0. The molecule has 0 unspecified atom stereocenters. The van der Waals surface area contributed by atoms with Crippen LogP contribution in [0.1, 0.15) is 77.3 Å². The van der Waals surface area contributed by atoms with Gasteiger partial charge in [0.2, 0.25) is 17.6 Å². The van der Waals surface area contributed by atoms with Gasteiger partial charge in [0.1, 0.15) is 23.2 Å². The number of amides is 3. The Hall–Kier alpha value is -4.50. The number of hydrogen-bond donors (Lipinski definition) is 3. The molecule has 2 fully saturated rings. The summed E-state index contributed by atoms with van der Waals surface area (Å²) in [5.41, 5.74) is -3.16. The highest BCUT2D eigenvalue weighted by atomic mass is 19.4. The second-order valence-corrected chi connectivity index (χ2v) is 13.2. The number of hydrogen-bond acceptors (Lipinski definition) is 8. The fourth-order valence-electron chi connectivity index (χ4n) is 6.03. The van der Waals surface area contributed by atoms with Crippen LogP contribution in [0.2, 0.25) is 0 Å². The summed E-state index contributed by atoms with van der Waals surface area (Å²) in [6.07, 6.45) is 1.55. The first-order valence-corrected chi connectivity index (χ1v) is 15.6. The molecule has 47 heavy (non-hydrogen) atoms. The van der Waals surface area contributed by atoms with Gasteiger partial charge in [-0.2, -0.15) is 18.0 Å². The Morgan fingerprint density at radius 1 is 1.15 bits per heavy atom. The van der Waals surface area contributed by atoms with E-state index >= 15 is 0 Å². The number of alkyl carbamates (subject to hydrolysis) is 1. The van der Waals surface area contributed by atoms with E-state index in [4.69, 9.17) is 4.74 Å². The first-order valence-electron chi connectivity index (χ1n) is 15.6. The van der Waals surface area contributed by atoms with Gasteiger partial charge in [-0.3, -0.25) is 9.59 Å². The number of ether oxygens (including phenoxy) is 1. The van der Waals surface area contributed by atoms with Crippen molar-refractivity contribution in [3.63, 3.8) is 0 Å². The molecule has 0 radical (unpaired) electrons. The zero-order chi connectivity index (χ0) is 34.1. The molecule has 3 N–H and O–H groups in total. The van der Waals surface area contributed by atoms with Crippen molar-refractivity contribution in [3.05, 3.63) is 42.0 Å². The number of tetrazole rings is 1. The molecule has 1 saturated carbocycles. The molecule has 0 bridgehead atoms. The monoisotopic (exact) mass is 661 g/mol. The van der Waals surface area contributed by atoms with Gasteiger partial charge in [-0.05, 0) is 63.8 Å². The van der Waals surface area contributed by atoms with E-state index in [2.05, 4.69) is 26.0 Å². The van der Waals surface area contributed by atoms with Gasteiger partial charge in [0.05, 0.1) is 11.6 Å². The number of carbonyl (C=O) groups excluding carboxylic acids is 3. The third kappa shape index (κ3) is 7.73. The topological polar surface area (TPSA) is 169 Å². The first kappa shape index (κ1) is 33.9. The van der Waals surface area contributed by atoms with Gasteiger partial charge in [0.15, 0.2) is 0 Å². The number of allylic oxidation sites excluding steroid dienone is 1. The van der Waals surface area contributed by atoms with Gasteiger partial charge in [-0.1, -0.05) is 37.1 Å². The second kappa shape index (κ2) is 13.0. The van der Waals surface area contributed by atoms with Crippen molar-refractivity contribution in [1.82, 2.24) is 35.7 Å². The highest BCUT2D eigenvalue weighted by Gasteiger charge is 2.61. The van der Waals surface area contributed by atoms with Gasteiger partial charge < -0.3 is 25.4 Å². The zero-order valence-corrected chi connectivity index (χ0v) is 26.3. The Bertz CT molecular complexity index is 1550. The second-order valence-electron chi connectivity index (χ2n) is 13.2. The standard InChI is InChI=1S/C31H38F3N7O6/c1-29(2,3)47-28(46)35-22-13-8-6-4-5-7-11-20-16-30(20,27(44)45)36-25(42)23-15-21(17-40(23)26(22)43)41-38-24(37-39-41)18-10-9-12-19(14-18)31(32,33)34/h7,9-12,14,20-23H,4-6,8,13,15-17H2,1-3H3,(H,35,46)(H,36,42)(H,44,45)/b11-7-/t20-,21+,22+,23+,30+/m1/s1. The van der Waals surface area contributed by atoms with Crippen LogP contribution in [0.15, 0.2) is 36.4 Å². The molecule has 3 amide bonds. The van der Waals surface area contributed by atoms with Crippen LogP contribution < -0.4 is 10.6 Å². The summed E-state index contributed by atoms with van der Waals surface area (Å²) >= 11 is 0. The van der Waals surface area contributed by atoms with E-state index in [0.29, 0.717) is 12.8 Å². The first-order chi connectivity index (χ1) is 22.1. The highest BCUT2D eigenvalue weighted by molar-refractivity contribution is 5.96. The number of nitrogens with zero attached hydrogens (tertiary/aromatic N) is 5. The molecular formula is C31H38F3N7O6. The molecule has 0 spiro atoms. The predicted octanol–water partition coefficient (Wildman–Crippen LogP) is 3.87. The molecule has 1 saturated heterocycles. The van der Waals surface area contributed by atoms with E-state index in [1.807, 2.05) is 6.08 Å². The number of nitrogens with one attached hydrogen (secondary N) is 2. The van der Waals surface area contributed by atoms with E-state index < -0.39 is 70.8 Å². The molecule has 1 aromatic heterocycles. The minimum Gasteiger partial charge on any atom is -0.479 e. The fourth-order valence-corrected chi connectivity index (χ4v) is 6.03. The summed E-state index contributed by atoms with van der Waals surface area (Å²) in [4.78, 5) is 55.4. The molecule has 1 aliphatic carbocycles. The number of alkyl halides is 3. The lowest BCUT2D eigenvalue weighted by Crippen LogP contribution is -2.56. The lowest BCUT2D eigenvalue weighted by molar-refractivity contribution is -0.145. The molecule has 13 nitrogen and oxygen atoms in total.